The van der Waals surface area contributed by atoms with E-state index in [4.69, 9.17) is 9.72 Å². The molecule has 2 heterocycles. The molecule has 32 heavy (non-hydrogen) atoms. The Morgan fingerprint density at radius 1 is 1.19 bits per heavy atom. The van der Waals surface area contributed by atoms with E-state index in [1.54, 1.807) is 19.2 Å². The average molecular weight is 458 g/mol. The lowest BCUT2D eigenvalue weighted by Crippen LogP contribution is -2.29. The fraction of sp³-hybridized carbons (Fsp3) is 0.273. The summed E-state index contributed by atoms with van der Waals surface area (Å²) in [4.78, 5) is 27.0. The summed E-state index contributed by atoms with van der Waals surface area (Å²) in [5.74, 6) is 0.175. The van der Waals surface area contributed by atoms with Crippen molar-refractivity contribution in [2.24, 2.45) is 0 Å². The molecule has 0 bridgehead atoms. The Kier molecular flexibility index (Phi) is 5.88. The number of nitrogens with zero attached hydrogens (tertiary/aromatic N) is 4. The lowest BCUT2D eigenvalue weighted by molar-refractivity contribution is -0.0528. The van der Waals surface area contributed by atoms with E-state index in [0.29, 0.717) is 33.9 Å². The van der Waals surface area contributed by atoms with Crippen molar-refractivity contribution < 1.29 is 23.0 Å². The van der Waals surface area contributed by atoms with Gasteiger partial charge in [-0.15, -0.1) is 11.3 Å². The topological polar surface area (TPSA) is 77.4 Å². The number of fused-ring (bicyclic) bond motifs is 2. The van der Waals surface area contributed by atoms with Gasteiger partial charge in [-0.05, 0) is 50.1 Å². The van der Waals surface area contributed by atoms with Crippen LogP contribution in [0.25, 0.3) is 31.8 Å². The van der Waals surface area contributed by atoms with Crippen LogP contribution in [-0.2, 0) is 0 Å². The molecule has 0 saturated heterocycles. The third-order valence-electron chi connectivity index (χ3n) is 4.90. The molecule has 7 nitrogen and oxygen atoms in total. The first-order chi connectivity index (χ1) is 15.3. The maximum atomic E-state index is 12.6. The molecule has 0 aliphatic rings. The van der Waals surface area contributed by atoms with Crippen molar-refractivity contribution in [3.05, 3.63) is 41.6 Å². The van der Waals surface area contributed by atoms with Crippen molar-refractivity contribution >= 4 is 38.7 Å². The lowest BCUT2D eigenvalue weighted by atomic mass is 10.1. The maximum Gasteiger partial charge on any atom is 0.415 e. The second kappa shape index (κ2) is 8.62. The number of amides is 1. The van der Waals surface area contributed by atoms with Gasteiger partial charge in [0.15, 0.2) is 5.75 Å². The molecule has 0 fully saturated rings. The Morgan fingerprint density at radius 3 is 2.69 bits per heavy atom. The van der Waals surface area contributed by atoms with E-state index in [1.807, 2.05) is 32.9 Å². The highest BCUT2D eigenvalue weighted by Crippen LogP contribution is 2.40. The second-order valence-electron chi connectivity index (χ2n) is 7.23. The van der Waals surface area contributed by atoms with Crippen LogP contribution in [0.3, 0.4) is 0 Å². The van der Waals surface area contributed by atoms with Crippen LogP contribution in [0.1, 0.15) is 18.1 Å². The van der Waals surface area contributed by atoms with Crippen LogP contribution in [0.4, 0.5) is 13.6 Å². The first kappa shape index (κ1) is 21.8. The summed E-state index contributed by atoms with van der Waals surface area (Å²) in [6.07, 6.45) is 0.714. The van der Waals surface area contributed by atoms with Gasteiger partial charge >= 0.3 is 12.7 Å². The monoisotopic (exact) mass is 458 g/mol. The molecule has 166 valence electrons. The Bertz CT molecular complexity index is 1330. The van der Waals surface area contributed by atoms with Gasteiger partial charge in [-0.25, -0.2) is 19.7 Å². The van der Waals surface area contributed by atoms with Gasteiger partial charge in [-0.1, -0.05) is 6.07 Å². The number of aryl methyl sites for hydroxylation is 2. The standard InChI is InChI=1S/C22H20F2N4O3S/c1-5-28(4)22(29)30-15-7-6-12(3)17-19(15)32-20(27-17)13-8-11(2)9-14-18(13)25-10-16(26-14)31-21(23)24/h6-10,21H,5H2,1-4H3. The number of carbonyl (C=O) groups excluding carboxylic acids is 1. The smallest absolute Gasteiger partial charge is 0.415 e. The first-order valence-electron chi connectivity index (χ1n) is 9.82. The zero-order valence-corrected chi connectivity index (χ0v) is 18.7. The number of aromatic nitrogens is 3. The highest BCUT2D eigenvalue weighted by molar-refractivity contribution is 7.22. The predicted molar refractivity (Wildman–Crippen MR) is 119 cm³/mol. The van der Waals surface area contributed by atoms with Crippen LogP contribution in [0, 0.1) is 13.8 Å². The third kappa shape index (κ3) is 4.18. The minimum absolute atomic E-state index is 0.251. The minimum atomic E-state index is -2.98. The van der Waals surface area contributed by atoms with Crippen molar-refractivity contribution in [2.45, 2.75) is 27.4 Å². The highest BCUT2D eigenvalue weighted by Gasteiger charge is 2.19. The fourth-order valence-electron chi connectivity index (χ4n) is 3.17. The van der Waals surface area contributed by atoms with E-state index in [9.17, 15) is 13.6 Å². The number of thiazole rings is 1. The van der Waals surface area contributed by atoms with Crippen molar-refractivity contribution in [1.29, 1.82) is 0 Å². The van der Waals surface area contributed by atoms with Crippen LogP contribution in [-0.4, -0.2) is 46.1 Å². The number of hydrogen-bond donors (Lipinski definition) is 0. The Balaban J connectivity index is 1.84. The van der Waals surface area contributed by atoms with Crippen molar-refractivity contribution in [3.8, 4) is 22.2 Å². The molecule has 0 aliphatic heterocycles. The summed E-state index contributed by atoms with van der Waals surface area (Å²) in [5.41, 5.74) is 4.16. The first-order valence-corrected chi connectivity index (χ1v) is 10.6. The number of ether oxygens (including phenoxy) is 2. The van der Waals surface area contributed by atoms with E-state index in [1.165, 1.54) is 22.4 Å². The van der Waals surface area contributed by atoms with Gasteiger partial charge in [0.1, 0.15) is 5.01 Å². The molecule has 0 radical (unpaired) electrons. The van der Waals surface area contributed by atoms with Crippen molar-refractivity contribution in [3.63, 3.8) is 0 Å². The Labute approximate surface area is 186 Å². The van der Waals surface area contributed by atoms with Crippen LogP contribution in [0.2, 0.25) is 0 Å². The van der Waals surface area contributed by atoms with Crippen LogP contribution in [0.5, 0.6) is 11.6 Å². The van der Waals surface area contributed by atoms with Gasteiger partial charge in [0.05, 0.1) is 27.4 Å². The Morgan fingerprint density at radius 2 is 1.97 bits per heavy atom. The van der Waals surface area contributed by atoms with E-state index in [2.05, 4.69) is 14.7 Å². The Hall–Kier alpha value is -3.40. The molecule has 2 aromatic heterocycles. The van der Waals surface area contributed by atoms with E-state index in [-0.39, 0.29) is 5.88 Å². The molecule has 0 spiro atoms. The summed E-state index contributed by atoms with van der Waals surface area (Å²) in [6, 6.07) is 7.26. The predicted octanol–water partition coefficient (Wildman–Crippen LogP) is 5.58. The van der Waals surface area contributed by atoms with Crippen LogP contribution >= 0.6 is 11.3 Å². The van der Waals surface area contributed by atoms with Gasteiger partial charge in [-0.3, -0.25) is 0 Å². The summed E-state index contributed by atoms with van der Waals surface area (Å²) >= 11 is 1.36. The molecular weight excluding hydrogens is 438 g/mol. The molecule has 10 heteroatoms. The van der Waals surface area contributed by atoms with Gasteiger partial charge < -0.3 is 14.4 Å². The van der Waals surface area contributed by atoms with Gasteiger partial charge in [0, 0.05) is 19.2 Å². The summed E-state index contributed by atoms with van der Waals surface area (Å²) < 4.78 is 35.8. The largest absolute Gasteiger partial charge is 0.415 e. The molecule has 4 aromatic rings. The van der Waals surface area contributed by atoms with Gasteiger partial charge in [0.2, 0.25) is 5.88 Å². The lowest BCUT2D eigenvalue weighted by Gasteiger charge is -2.14. The molecule has 0 aliphatic carbocycles. The number of alkyl halides is 2. The molecule has 0 N–H and O–H groups in total. The van der Waals surface area contributed by atoms with Crippen LogP contribution in [0.15, 0.2) is 30.5 Å². The third-order valence-corrected chi connectivity index (χ3v) is 6.00. The molecule has 4 rings (SSSR count). The van der Waals surface area contributed by atoms with Gasteiger partial charge in [-0.2, -0.15) is 8.78 Å². The quantitative estimate of drug-likeness (QED) is 0.389. The van der Waals surface area contributed by atoms with Gasteiger partial charge in [0.25, 0.3) is 0 Å². The summed E-state index contributed by atoms with van der Waals surface area (Å²) in [5, 5.41) is 0.654. The maximum absolute atomic E-state index is 12.6. The molecule has 0 saturated carbocycles. The van der Waals surface area contributed by atoms with Crippen molar-refractivity contribution in [1.82, 2.24) is 19.9 Å². The SMILES string of the molecule is CCN(C)C(=O)Oc1ccc(C)c2nc(-c3cc(C)cc4nc(OC(F)F)cnc34)sc12. The van der Waals surface area contributed by atoms with E-state index < -0.39 is 12.7 Å². The fourth-order valence-corrected chi connectivity index (χ4v) is 4.27. The number of carbonyl (C=O) groups is 1. The molecular formula is C22H20F2N4O3S. The molecule has 1 amide bonds. The zero-order valence-electron chi connectivity index (χ0n) is 17.8. The molecule has 2 aromatic carbocycles. The average Bonchev–Trinajstić information content (AvgIpc) is 3.20. The van der Waals surface area contributed by atoms with Crippen molar-refractivity contribution in [2.75, 3.05) is 13.6 Å². The normalized spacial score (nSPS) is 11.3. The number of benzene rings is 2. The molecule has 0 unspecified atom stereocenters. The minimum Gasteiger partial charge on any atom is -0.415 e. The summed E-state index contributed by atoms with van der Waals surface area (Å²) in [6.45, 7) is 3.20. The number of hydrogen-bond acceptors (Lipinski definition) is 7. The van der Waals surface area contributed by atoms with E-state index >= 15 is 0 Å². The van der Waals surface area contributed by atoms with Crippen LogP contribution < -0.4 is 9.47 Å². The highest BCUT2D eigenvalue weighted by atomic mass is 32.1. The zero-order chi connectivity index (χ0) is 23.0. The number of rotatable bonds is 5. The number of halogens is 2. The second-order valence-corrected chi connectivity index (χ2v) is 8.23. The van der Waals surface area contributed by atoms with E-state index in [0.717, 1.165) is 21.3 Å². The summed E-state index contributed by atoms with van der Waals surface area (Å²) in [7, 11) is 1.66. The molecule has 0 atom stereocenters.